The molecule has 4 N–H and O–H groups in total. The molecule has 0 aromatic heterocycles. The van der Waals surface area contributed by atoms with E-state index in [9.17, 15) is 29.7 Å². The number of ketones is 2. The lowest BCUT2D eigenvalue weighted by molar-refractivity contribution is -0.219. The first-order valence-electron chi connectivity index (χ1n) is 11.3. The summed E-state index contributed by atoms with van der Waals surface area (Å²) in [4.78, 5) is 36.6. The second-order valence-electron chi connectivity index (χ2n) is 10.5. The molecule has 0 radical (unpaired) electrons. The van der Waals surface area contributed by atoms with E-state index in [-0.39, 0.29) is 22.9 Å². The summed E-state index contributed by atoms with van der Waals surface area (Å²) in [5, 5.41) is 41.4. The molecule has 0 spiro atoms. The molecule has 182 valence electrons. The highest BCUT2D eigenvalue weighted by atomic mass is 32.2. The minimum Gasteiger partial charge on any atom is -0.481 e. The van der Waals surface area contributed by atoms with Gasteiger partial charge in [0.2, 0.25) is 0 Å². The second kappa shape index (κ2) is 7.73. The van der Waals surface area contributed by atoms with Crippen LogP contribution in [0.1, 0.15) is 46.5 Å². The Morgan fingerprint density at radius 3 is 2.55 bits per heavy atom. The van der Waals surface area contributed by atoms with E-state index in [4.69, 9.17) is 5.11 Å². The Bertz CT molecular complexity index is 978. The second-order valence-corrected chi connectivity index (χ2v) is 11.5. The SMILES string of the molecule is C[C@H]1C[C@H]2[C@@H]3CCC4=C(SCC(=O)O)C(=O)C=C[C@]4(C)[C@@]3(F)[C@@H](O)C[C@]2(C)[C@@]1(O)C(=O)CO. The summed E-state index contributed by atoms with van der Waals surface area (Å²) in [6.45, 7) is 4.25. The van der Waals surface area contributed by atoms with E-state index >= 15 is 4.39 Å². The van der Waals surface area contributed by atoms with E-state index < -0.39 is 64.3 Å². The predicted molar refractivity (Wildman–Crippen MR) is 119 cm³/mol. The highest BCUT2D eigenvalue weighted by Gasteiger charge is 2.75. The van der Waals surface area contributed by atoms with Gasteiger partial charge < -0.3 is 20.4 Å². The molecule has 4 aliphatic carbocycles. The number of carbonyl (C=O) groups is 3. The predicted octanol–water partition coefficient (Wildman–Crippen LogP) is 2.04. The summed E-state index contributed by atoms with van der Waals surface area (Å²) >= 11 is 0.881. The molecule has 0 aromatic rings. The van der Waals surface area contributed by atoms with Gasteiger partial charge in [-0.25, -0.2) is 4.39 Å². The van der Waals surface area contributed by atoms with Crippen molar-refractivity contribution in [3.05, 3.63) is 22.6 Å². The number of carboxylic acid groups (broad SMARTS) is 1. The highest BCUT2D eigenvalue weighted by molar-refractivity contribution is 8.04. The number of carboxylic acids is 1. The molecule has 8 atom stereocenters. The number of allylic oxidation sites excluding steroid dienone is 4. The van der Waals surface area contributed by atoms with Crippen LogP contribution in [0.2, 0.25) is 0 Å². The topological polar surface area (TPSA) is 132 Å². The molecule has 3 fully saturated rings. The smallest absolute Gasteiger partial charge is 0.313 e. The Kier molecular flexibility index (Phi) is 5.76. The normalized spacial score (nSPS) is 46.6. The maximum absolute atomic E-state index is 17.3. The third-order valence-corrected chi connectivity index (χ3v) is 10.4. The number of thioether (sulfide) groups is 1. The average Bonchev–Trinajstić information content (AvgIpc) is 2.95. The molecule has 0 saturated heterocycles. The summed E-state index contributed by atoms with van der Waals surface area (Å²) in [7, 11) is 0. The molecular weight excluding hydrogens is 451 g/mol. The van der Waals surface area contributed by atoms with Crippen LogP contribution in [0.4, 0.5) is 4.39 Å². The van der Waals surface area contributed by atoms with Gasteiger partial charge in [-0.2, -0.15) is 0 Å². The van der Waals surface area contributed by atoms with Crippen molar-refractivity contribution in [2.24, 2.45) is 28.6 Å². The van der Waals surface area contributed by atoms with Crippen molar-refractivity contribution in [1.29, 1.82) is 0 Å². The van der Waals surface area contributed by atoms with Crippen LogP contribution in [0, 0.1) is 28.6 Å². The maximum atomic E-state index is 17.3. The molecule has 0 aliphatic heterocycles. The van der Waals surface area contributed by atoms with Crippen LogP contribution in [-0.2, 0) is 14.4 Å². The number of carbonyl (C=O) groups excluding carboxylic acids is 2. The maximum Gasteiger partial charge on any atom is 0.313 e. The van der Waals surface area contributed by atoms with Gasteiger partial charge in [0.25, 0.3) is 0 Å². The van der Waals surface area contributed by atoms with Crippen molar-refractivity contribution in [1.82, 2.24) is 0 Å². The number of Topliss-reactive ketones (excluding diaryl/α,β-unsaturated/α-hetero) is 1. The number of rotatable bonds is 5. The lowest BCUT2D eigenvalue weighted by Crippen LogP contribution is -2.69. The lowest BCUT2D eigenvalue weighted by Gasteiger charge is -2.62. The summed E-state index contributed by atoms with van der Waals surface area (Å²) in [5.74, 6) is -4.10. The van der Waals surface area contributed by atoms with Crippen molar-refractivity contribution in [2.45, 2.75) is 63.8 Å². The number of aliphatic carboxylic acids is 1. The monoisotopic (exact) mass is 482 g/mol. The number of halogens is 1. The molecule has 7 nitrogen and oxygen atoms in total. The van der Waals surface area contributed by atoms with Crippen molar-refractivity contribution in [2.75, 3.05) is 12.4 Å². The van der Waals surface area contributed by atoms with Crippen LogP contribution >= 0.6 is 11.8 Å². The van der Waals surface area contributed by atoms with Crippen molar-refractivity contribution >= 4 is 29.3 Å². The molecule has 0 bridgehead atoms. The summed E-state index contributed by atoms with van der Waals surface area (Å²) in [6, 6.07) is 0. The largest absolute Gasteiger partial charge is 0.481 e. The summed E-state index contributed by atoms with van der Waals surface area (Å²) in [5.41, 5.74) is -5.96. The van der Waals surface area contributed by atoms with Gasteiger partial charge in [-0.05, 0) is 56.1 Å². The zero-order valence-electron chi connectivity index (χ0n) is 19.0. The average molecular weight is 483 g/mol. The number of aliphatic hydroxyl groups is 3. The number of fused-ring (bicyclic) bond motifs is 5. The van der Waals surface area contributed by atoms with Gasteiger partial charge in [0, 0.05) is 16.7 Å². The Morgan fingerprint density at radius 2 is 1.94 bits per heavy atom. The lowest BCUT2D eigenvalue weighted by atomic mass is 9.44. The fourth-order valence-corrected chi connectivity index (χ4v) is 8.61. The Morgan fingerprint density at radius 1 is 1.27 bits per heavy atom. The zero-order chi connectivity index (χ0) is 24.6. The van der Waals surface area contributed by atoms with E-state index in [0.717, 1.165) is 11.8 Å². The van der Waals surface area contributed by atoms with E-state index in [1.54, 1.807) is 20.8 Å². The molecule has 0 amide bonds. The fourth-order valence-electron chi connectivity index (χ4n) is 7.65. The van der Waals surface area contributed by atoms with Crippen molar-refractivity contribution in [3.63, 3.8) is 0 Å². The zero-order valence-corrected chi connectivity index (χ0v) is 19.8. The molecule has 0 aromatic carbocycles. The molecule has 9 heteroatoms. The number of alkyl halides is 1. The number of hydrogen-bond acceptors (Lipinski definition) is 7. The minimum atomic E-state index is -2.16. The first-order valence-corrected chi connectivity index (χ1v) is 12.3. The van der Waals surface area contributed by atoms with Crippen molar-refractivity contribution in [3.8, 4) is 0 Å². The minimum absolute atomic E-state index is 0.167. The third kappa shape index (κ3) is 2.95. The Labute approximate surface area is 196 Å². The van der Waals surface area contributed by atoms with E-state index in [1.165, 1.54) is 12.2 Å². The van der Waals surface area contributed by atoms with E-state index in [2.05, 4.69) is 0 Å². The van der Waals surface area contributed by atoms with E-state index in [1.807, 2.05) is 0 Å². The molecule has 33 heavy (non-hydrogen) atoms. The summed E-state index contributed by atoms with van der Waals surface area (Å²) in [6.07, 6.45) is 2.09. The van der Waals surface area contributed by atoms with Gasteiger partial charge in [0.05, 0.1) is 16.8 Å². The first kappa shape index (κ1) is 24.6. The van der Waals surface area contributed by atoms with Crippen LogP contribution in [0.15, 0.2) is 22.6 Å². The van der Waals surface area contributed by atoms with Crippen LogP contribution in [0.25, 0.3) is 0 Å². The molecular formula is C24H31FO7S. The van der Waals surface area contributed by atoms with Crippen molar-refractivity contribution < 1.29 is 39.2 Å². The van der Waals surface area contributed by atoms with Crippen LogP contribution in [0.3, 0.4) is 0 Å². The van der Waals surface area contributed by atoms with Crippen LogP contribution in [0.5, 0.6) is 0 Å². The van der Waals surface area contributed by atoms with Gasteiger partial charge in [-0.3, -0.25) is 14.4 Å². The van der Waals surface area contributed by atoms with Gasteiger partial charge >= 0.3 is 5.97 Å². The number of hydrogen-bond donors (Lipinski definition) is 4. The third-order valence-electron chi connectivity index (χ3n) is 9.24. The van der Waals surface area contributed by atoms with Gasteiger partial charge in [0.15, 0.2) is 17.2 Å². The Balaban J connectivity index is 1.81. The van der Waals surface area contributed by atoms with E-state index in [0.29, 0.717) is 24.8 Å². The highest BCUT2D eigenvalue weighted by Crippen LogP contribution is 2.71. The standard InChI is InChI=1S/C24H31FO7S/c1-12-8-15-13-4-5-14-20(33-11-19(30)31)16(27)6-7-21(14,2)23(13,25)17(28)9-22(15,3)24(12,32)18(29)10-26/h6-7,12-13,15,17,26,28,32H,4-5,8-11H2,1-3H3,(H,30,31)/t12-,13-,15-,17-,21-,22-,23-,24-/m0/s1. The quantitative estimate of drug-likeness (QED) is 0.468. The Hall–Kier alpha value is -1.55. The molecule has 4 rings (SSSR count). The molecule has 0 unspecified atom stereocenters. The first-order chi connectivity index (χ1) is 15.3. The molecule has 4 aliphatic rings. The van der Waals surface area contributed by atoms with Crippen LogP contribution in [-0.4, -0.2) is 67.7 Å². The fraction of sp³-hybridized carbons (Fsp3) is 0.708. The molecule has 3 saturated carbocycles. The summed E-state index contributed by atoms with van der Waals surface area (Å²) < 4.78 is 17.3. The van der Waals surface area contributed by atoms with Gasteiger partial charge in [-0.1, -0.05) is 19.9 Å². The van der Waals surface area contributed by atoms with Gasteiger partial charge in [-0.15, -0.1) is 11.8 Å². The number of aliphatic hydroxyl groups excluding tert-OH is 2. The van der Waals surface area contributed by atoms with Gasteiger partial charge in [0.1, 0.15) is 12.2 Å². The molecule has 0 heterocycles. The van der Waals surface area contributed by atoms with Crippen LogP contribution < -0.4 is 0 Å².